The molecule has 0 aliphatic carbocycles. The Kier molecular flexibility index (Phi) is 3.59. The van der Waals surface area contributed by atoms with Gasteiger partial charge in [-0.15, -0.1) is 22.7 Å². The lowest BCUT2D eigenvalue weighted by atomic mass is 10.2. The second kappa shape index (κ2) is 4.98. The van der Waals surface area contributed by atoms with Crippen LogP contribution in [0.25, 0.3) is 0 Å². The van der Waals surface area contributed by atoms with E-state index in [0.29, 0.717) is 5.69 Å². The molecule has 0 aromatic carbocycles. The molecule has 0 bridgehead atoms. The molecule has 2 rings (SSSR count). The highest BCUT2D eigenvalue weighted by Gasteiger charge is 2.16. The highest BCUT2D eigenvalue weighted by molar-refractivity contribution is 7.14. The SMILES string of the molecule is CC(=O)c1csc(N(C)C(C)c2cccs2)n1. The second-order valence-electron chi connectivity index (χ2n) is 3.87. The molecular formula is C12H14N2OS2. The fourth-order valence-corrected chi connectivity index (χ4v) is 3.21. The third-order valence-electron chi connectivity index (χ3n) is 2.69. The Morgan fingerprint density at radius 3 is 2.76 bits per heavy atom. The minimum Gasteiger partial charge on any atom is -0.344 e. The number of rotatable bonds is 4. The third-order valence-corrected chi connectivity index (χ3v) is 4.66. The molecule has 1 unspecified atom stereocenters. The fourth-order valence-electron chi connectivity index (χ4n) is 1.47. The molecule has 0 aliphatic heterocycles. The lowest BCUT2D eigenvalue weighted by Crippen LogP contribution is -2.20. The maximum atomic E-state index is 11.2. The first-order chi connectivity index (χ1) is 8.09. The van der Waals surface area contributed by atoms with Crippen molar-refractivity contribution in [1.82, 2.24) is 4.98 Å². The highest BCUT2D eigenvalue weighted by Crippen LogP contribution is 2.30. The van der Waals surface area contributed by atoms with Crippen molar-refractivity contribution in [3.05, 3.63) is 33.5 Å². The van der Waals surface area contributed by atoms with Crippen LogP contribution in [0.1, 0.15) is 35.3 Å². The molecule has 2 aromatic rings. The standard InChI is InChI=1S/C12H14N2OS2/c1-8(11-5-4-6-16-11)14(3)12-13-10(7-17-12)9(2)15/h4-8H,1-3H3. The van der Waals surface area contributed by atoms with Crippen LogP contribution in [0.5, 0.6) is 0 Å². The monoisotopic (exact) mass is 266 g/mol. The van der Waals surface area contributed by atoms with Crippen molar-refractivity contribution >= 4 is 33.6 Å². The molecule has 0 saturated heterocycles. The molecule has 2 heterocycles. The van der Waals surface area contributed by atoms with E-state index in [1.54, 1.807) is 18.3 Å². The summed E-state index contributed by atoms with van der Waals surface area (Å²) in [5, 5.41) is 4.77. The van der Waals surface area contributed by atoms with Gasteiger partial charge in [-0.2, -0.15) is 0 Å². The van der Waals surface area contributed by atoms with Crippen LogP contribution in [-0.4, -0.2) is 17.8 Å². The number of nitrogens with zero attached hydrogens (tertiary/aromatic N) is 2. The van der Waals surface area contributed by atoms with Crippen molar-refractivity contribution in [1.29, 1.82) is 0 Å². The van der Waals surface area contributed by atoms with E-state index in [1.807, 2.05) is 18.5 Å². The van der Waals surface area contributed by atoms with Gasteiger partial charge in [0, 0.05) is 24.2 Å². The third kappa shape index (κ3) is 2.56. The first-order valence-electron chi connectivity index (χ1n) is 5.32. The molecule has 17 heavy (non-hydrogen) atoms. The van der Waals surface area contributed by atoms with Crippen molar-refractivity contribution < 1.29 is 4.79 Å². The molecule has 3 nitrogen and oxygen atoms in total. The van der Waals surface area contributed by atoms with Crippen molar-refractivity contribution in [3.8, 4) is 0 Å². The van der Waals surface area contributed by atoms with Gasteiger partial charge in [-0.1, -0.05) is 6.07 Å². The Morgan fingerprint density at radius 1 is 1.47 bits per heavy atom. The number of thiazole rings is 1. The molecule has 0 spiro atoms. The topological polar surface area (TPSA) is 33.2 Å². The molecule has 5 heteroatoms. The van der Waals surface area contributed by atoms with Crippen LogP contribution in [0.15, 0.2) is 22.9 Å². The van der Waals surface area contributed by atoms with Gasteiger partial charge < -0.3 is 4.90 Å². The Labute approximate surface area is 109 Å². The Hall–Kier alpha value is -1.20. The van der Waals surface area contributed by atoms with Gasteiger partial charge >= 0.3 is 0 Å². The van der Waals surface area contributed by atoms with Gasteiger partial charge in [0.15, 0.2) is 10.9 Å². The number of anilines is 1. The molecule has 0 radical (unpaired) electrons. The number of thiophene rings is 1. The van der Waals surface area contributed by atoms with Crippen LogP contribution >= 0.6 is 22.7 Å². The fraction of sp³-hybridized carbons (Fsp3) is 0.333. The maximum absolute atomic E-state index is 11.2. The average molecular weight is 266 g/mol. The minimum absolute atomic E-state index is 0.0182. The molecule has 90 valence electrons. The lowest BCUT2D eigenvalue weighted by molar-refractivity contribution is 0.101. The zero-order chi connectivity index (χ0) is 12.4. The summed E-state index contributed by atoms with van der Waals surface area (Å²) in [6.45, 7) is 3.68. The summed E-state index contributed by atoms with van der Waals surface area (Å²) in [6.07, 6.45) is 0. The first kappa shape index (κ1) is 12.3. The summed E-state index contributed by atoms with van der Waals surface area (Å²) in [5.41, 5.74) is 0.551. The first-order valence-corrected chi connectivity index (χ1v) is 7.08. The summed E-state index contributed by atoms with van der Waals surface area (Å²) in [7, 11) is 2.01. The number of ketones is 1. The maximum Gasteiger partial charge on any atom is 0.186 e. The molecule has 0 fully saturated rings. The van der Waals surface area contributed by atoms with Gasteiger partial charge in [-0.25, -0.2) is 4.98 Å². The van der Waals surface area contributed by atoms with Gasteiger partial charge in [0.1, 0.15) is 5.69 Å². The Bertz CT molecular complexity index is 504. The normalized spacial score (nSPS) is 12.4. The summed E-state index contributed by atoms with van der Waals surface area (Å²) in [5.74, 6) is 0.0182. The van der Waals surface area contributed by atoms with Crippen LogP contribution < -0.4 is 4.90 Å². The molecule has 0 saturated carbocycles. The van der Waals surface area contributed by atoms with Crippen LogP contribution in [0.3, 0.4) is 0 Å². The van der Waals surface area contributed by atoms with E-state index in [2.05, 4.69) is 28.3 Å². The number of hydrogen-bond donors (Lipinski definition) is 0. The predicted octanol–water partition coefficient (Wildman–Crippen LogP) is 3.60. The molecule has 1 atom stereocenters. The number of aromatic nitrogens is 1. The number of hydrogen-bond acceptors (Lipinski definition) is 5. The Morgan fingerprint density at radius 2 is 2.24 bits per heavy atom. The van der Waals surface area contributed by atoms with Gasteiger partial charge in [0.25, 0.3) is 0 Å². The van der Waals surface area contributed by atoms with Crippen LogP contribution in [0, 0.1) is 0 Å². The van der Waals surface area contributed by atoms with Crippen molar-refractivity contribution in [2.24, 2.45) is 0 Å². The van der Waals surface area contributed by atoms with Crippen molar-refractivity contribution in [3.63, 3.8) is 0 Å². The number of carbonyl (C=O) groups excluding carboxylic acids is 1. The largest absolute Gasteiger partial charge is 0.344 e. The average Bonchev–Trinajstić information content (AvgIpc) is 2.97. The van der Waals surface area contributed by atoms with Crippen molar-refractivity contribution in [2.75, 3.05) is 11.9 Å². The van der Waals surface area contributed by atoms with Gasteiger partial charge in [0.2, 0.25) is 0 Å². The molecule has 0 amide bonds. The zero-order valence-corrected chi connectivity index (χ0v) is 11.6. The van der Waals surface area contributed by atoms with Crippen LogP contribution in [-0.2, 0) is 0 Å². The van der Waals surface area contributed by atoms with E-state index >= 15 is 0 Å². The molecular weight excluding hydrogens is 252 g/mol. The second-order valence-corrected chi connectivity index (χ2v) is 5.69. The van der Waals surface area contributed by atoms with E-state index in [0.717, 1.165) is 5.13 Å². The summed E-state index contributed by atoms with van der Waals surface area (Å²) in [6, 6.07) is 4.44. The van der Waals surface area contributed by atoms with Gasteiger partial charge in [-0.05, 0) is 18.4 Å². The van der Waals surface area contributed by atoms with E-state index < -0.39 is 0 Å². The minimum atomic E-state index is 0.0182. The summed E-state index contributed by atoms with van der Waals surface area (Å²) >= 11 is 3.25. The van der Waals surface area contributed by atoms with E-state index in [9.17, 15) is 4.79 Å². The lowest BCUT2D eigenvalue weighted by Gasteiger charge is -2.23. The van der Waals surface area contributed by atoms with Crippen LogP contribution in [0.4, 0.5) is 5.13 Å². The Balaban J connectivity index is 2.19. The van der Waals surface area contributed by atoms with Gasteiger partial charge in [-0.3, -0.25) is 4.79 Å². The van der Waals surface area contributed by atoms with Crippen molar-refractivity contribution in [2.45, 2.75) is 19.9 Å². The summed E-state index contributed by atoms with van der Waals surface area (Å²) < 4.78 is 0. The predicted molar refractivity (Wildman–Crippen MR) is 73.3 cm³/mol. The number of carbonyl (C=O) groups is 1. The molecule has 0 N–H and O–H groups in total. The molecule has 0 aliphatic rings. The van der Waals surface area contributed by atoms with E-state index in [1.165, 1.54) is 16.2 Å². The van der Waals surface area contributed by atoms with E-state index in [-0.39, 0.29) is 11.8 Å². The smallest absolute Gasteiger partial charge is 0.186 e. The quantitative estimate of drug-likeness (QED) is 0.793. The number of Topliss-reactive ketones (excluding diaryl/α,β-unsaturated/α-hetero) is 1. The zero-order valence-electron chi connectivity index (χ0n) is 10.0. The van der Waals surface area contributed by atoms with Gasteiger partial charge in [0.05, 0.1) is 6.04 Å². The van der Waals surface area contributed by atoms with Crippen LogP contribution in [0.2, 0.25) is 0 Å². The van der Waals surface area contributed by atoms with E-state index in [4.69, 9.17) is 0 Å². The molecule has 2 aromatic heterocycles. The highest BCUT2D eigenvalue weighted by atomic mass is 32.1. The summed E-state index contributed by atoms with van der Waals surface area (Å²) in [4.78, 5) is 18.9.